The molecule has 2 aromatic rings. The molecule has 0 bridgehead atoms. The first-order chi connectivity index (χ1) is 12.0. The lowest BCUT2D eigenvalue weighted by Gasteiger charge is -2.23. The van der Waals surface area contributed by atoms with Crippen LogP contribution >= 0.6 is 0 Å². The number of phenolic OH excluding ortho intramolecular Hbond substituents is 1. The Morgan fingerprint density at radius 2 is 1.64 bits per heavy atom. The Hall–Kier alpha value is -2.33. The first kappa shape index (κ1) is 19.0. The van der Waals surface area contributed by atoms with E-state index in [9.17, 15) is 9.90 Å². The quantitative estimate of drug-likeness (QED) is 0.834. The van der Waals surface area contributed by atoms with Gasteiger partial charge in [-0.15, -0.1) is 0 Å². The van der Waals surface area contributed by atoms with Gasteiger partial charge in [-0.3, -0.25) is 4.79 Å². The fourth-order valence-corrected chi connectivity index (χ4v) is 2.83. The third kappa shape index (κ3) is 4.83. The molecule has 2 rings (SSSR count). The highest BCUT2D eigenvalue weighted by molar-refractivity contribution is 5.94. The summed E-state index contributed by atoms with van der Waals surface area (Å²) >= 11 is 0. The van der Waals surface area contributed by atoms with Crippen molar-refractivity contribution in [3.63, 3.8) is 0 Å². The van der Waals surface area contributed by atoms with Crippen molar-refractivity contribution >= 4 is 5.91 Å². The first-order valence-electron chi connectivity index (χ1n) is 8.84. The fourth-order valence-electron chi connectivity index (χ4n) is 2.83. The molecule has 0 atom stereocenters. The van der Waals surface area contributed by atoms with Crippen LogP contribution in [0.1, 0.15) is 29.8 Å². The number of hydrogen-bond donors (Lipinski definition) is 1. The van der Waals surface area contributed by atoms with Crippen LogP contribution in [0, 0.1) is 6.92 Å². The Labute approximate surface area is 150 Å². The molecule has 0 saturated heterocycles. The summed E-state index contributed by atoms with van der Waals surface area (Å²) in [5.41, 5.74) is 3.44. The summed E-state index contributed by atoms with van der Waals surface area (Å²) in [4.78, 5) is 16.6. The number of carbonyl (C=O) groups excluding carboxylic acids is 1. The first-order valence-corrected chi connectivity index (χ1v) is 8.84. The van der Waals surface area contributed by atoms with E-state index < -0.39 is 0 Å². The number of phenols is 1. The second kappa shape index (κ2) is 8.67. The summed E-state index contributed by atoms with van der Waals surface area (Å²) in [5, 5.41) is 10.0. The zero-order valence-corrected chi connectivity index (χ0v) is 15.6. The number of hydrogen-bond acceptors (Lipinski definition) is 3. The van der Waals surface area contributed by atoms with Crippen molar-refractivity contribution in [2.75, 3.05) is 33.2 Å². The third-order valence-electron chi connectivity index (χ3n) is 4.59. The van der Waals surface area contributed by atoms with Crippen molar-refractivity contribution in [3.8, 4) is 16.9 Å². The number of aromatic hydroxyl groups is 1. The zero-order chi connectivity index (χ0) is 18.4. The van der Waals surface area contributed by atoms with E-state index in [2.05, 4.69) is 18.7 Å². The number of aryl methyl sites for hydroxylation is 1. The molecule has 134 valence electrons. The lowest BCUT2D eigenvalue weighted by molar-refractivity contribution is 0.0780. The van der Waals surface area contributed by atoms with Crippen molar-refractivity contribution in [1.29, 1.82) is 0 Å². The highest BCUT2D eigenvalue weighted by Gasteiger charge is 2.13. The average Bonchev–Trinajstić information content (AvgIpc) is 2.64. The number of rotatable bonds is 7. The lowest BCUT2D eigenvalue weighted by Crippen LogP contribution is -2.36. The van der Waals surface area contributed by atoms with Gasteiger partial charge in [0.15, 0.2) is 0 Å². The van der Waals surface area contributed by atoms with Gasteiger partial charge in [-0.25, -0.2) is 0 Å². The van der Waals surface area contributed by atoms with E-state index in [-0.39, 0.29) is 11.7 Å². The van der Waals surface area contributed by atoms with Gasteiger partial charge in [0.1, 0.15) is 5.75 Å². The minimum Gasteiger partial charge on any atom is -0.507 e. The van der Waals surface area contributed by atoms with Gasteiger partial charge in [-0.05, 0) is 49.8 Å². The number of amides is 1. The number of nitrogens with zero attached hydrogens (tertiary/aromatic N) is 2. The smallest absolute Gasteiger partial charge is 0.253 e. The van der Waals surface area contributed by atoms with Gasteiger partial charge in [0, 0.05) is 31.3 Å². The van der Waals surface area contributed by atoms with Gasteiger partial charge < -0.3 is 14.9 Å². The molecule has 4 heteroatoms. The van der Waals surface area contributed by atoms with Crippen LogP contribution in [-0.2, 0) is 0 Å². The predicted octanol–water partition coefficient (Wildman–Crippen LogP) is 3.78. The van der Waals surface area contributed by atoms with Gasteiger partial charge in [0.25, 0.3) is 5.91 Å². The minimum absolute atomic E-state index is 0.0205. The third-order valence-corrected chi connectivity index (χ3v) is 4.59. The van der Waals surface area contributed by atoms with Crippen LogP contribution in [0.3, 0.4) is 0 Å². The molecule has 0 aromatic heterocycles. The Kier molecular flexibility index (Phi) is 6.59. The molecule has 1 N–H and O–H groups in total. The molecule has 4 nitrogen and oxygen atoms in total. The fraction of sp³-hybridized carbons (Fsp3) is 0.381. The molecule has 0 aliphatic heterocycles. The van der Waals surface area contributed by atoms with E-state index in [1.165, 1.54) is 0 Å². The molecule has 0 saturated carbocycles. The van der Waals surface area contributed by atoms with E-state index >= 15 is 0 Å². The molecule has 0 spiro atoms. The van der Waals surface area contributed by atoms with Gasteiger partial charge in [-0.2, -0.15) is 0 Å². The van der Waals surface area contributed by atoms with Crippen LogP contribution in [0.25, 0.3) is 11.1 Å². The van der Waals surface area contributed by atoms with Crippen molar-refractivity contribution < 1.29 is 9.90 Å². The normalized spacial score (nSPS) is 10.9. The maximum atomic E-state index is 12.6. The van der Waals surface area contributed by atoms with Gasteiger partial charge in [0.2, 0.25) is 0 Å². The van der Waals surface area contributed by atoms with Gasteiger partial charge in [0.05, 0.1) is 0 Å². The average molecular weight is 340 g/mol. The highest BCUT2D eigenvalue weighted by Crippen LogP contribution is 2.30. The second-order valence-corrected chi connectivity index (χ2v) is 6.35. The Morgan fingerprint density at radius 1 is 1.00 bits per heavy atom. The van der Waals surface area contributed by atoms with E-state index in [1.807, 2.05) is 50.4 Å². The Morgan fingerprint density at radius 3 is 2.24 bits per heavy atom. The molecule has 2 aromatic carbocycles. The van der Waals surface area contributed by atoms with Crippen molar-refractivity contribution in [3.05, 3.63) is 53.6 Å². The van der Waals surface area contributed by atoms with E-state index in [4.69, 9.17) is 0 Å². The van der Waals surface area contributed by atoms with E-state index in [0.29, 0.717) is 12.1 Å². The van der Waals surface area contributed by atoms with Crippen LogP contribution in [0.5, 0.6) is 5.75 Å². The van der Waals surface area contributed by atoms with Gasteiger partial charge >= 0.3 is 0 Å². The van der Waals surface area contributed by atoms with Crippen LogP contribution in [0.4, 0.5) is 0 Å². The molecule has 0 unspecified atom stereocenters. The lowest BCUT2D eigenvalue weighted by atomic mass is 10.0. The number of likely N-dealkylation sites (N-methyl/N-ethyl adjacent to an activating group) is 2. The van der Waals surface area contributed by atoms with Crippen LogP contribution < -0.4 is 0 Å². The zero-order valence-electron chi connectivity index (χ0n) is 15.6. The minimum atomic E-state index is 0.0205. The van der Waals surface area contributed by atoms with Crippen LogP contribution in [0.15, 0.2) is 42.5 Å². The summed E-state index contributed by atoms with van der Waals surface area (Å²) in [5.74, 6) is 0.271. The van der Waals surface area contributed by atoms with Crippen LogP contribution in [-0.4, -0.2) is 54.0 Å². The monoisotopic (exact) mass is 340 g/mol. The predicted molar refractivity (Wildman–Crippen MR) is 103 cm³/mol. The molecule has 1 amide bonds. The van der Waals surface area contributed by atoms with Crippen LogP contribution in [0.2, 0.25) is 0 Å². The molecular weight excluding hydrogens is 312 g/mol. The highest BCUT2D eigenvalue weighted by atomic mass is 16.3. The molecule has 0 fully saturated rings. The maximum absolute atomic E-state index is 12.6. The van der Waals surface area contributed by atoms with E-state index in [1.54, 1.807) is 11.0 Å². The molecule has 0 heterocycles. The van der Waals surface area contributed by atoms with Crippen molar-refractivity contribution in [2.45, 2.75) is 20.8 Å². The topological polar surface area (TPSA) is 43.8 Å². The molecule has 0 aliphatic rings. The number of carbonyl (C=O) groups is 1. The maximum Gasteiger partial charge on any atom is 0.253 e. The van der Waals surface area contributed by atoms with Crippen molar-refractivity contribution in [2.24, 2.45) is 0 Å². The number of benzene rings is 2. The molecular formula is C21H28N2O2. The molecule has 0 aliphatic carbocycles. The van der Waals surface area contributed by atoms with Crippen molar-refractivity contribution in [1.82, 2.24) is 9.80 Å². The second-order valence-electron chi connectivity index (χ2n) is 6.35. The SMILES string of the molecule is CCN(CC)CCN(C)C(=O)c1ccc(-c2cc(C)ccc2O)cc1. The standard InChI is InChI=1S/C21H28N2O2/c1-5-23(6-2)14-13-22(4)21(25)18-10-8-17(9-11-18)19-15-16(3)7-12-20(19)24/h7-12,15,24H,5-6,13-14H2,1-4H3. The van der Waals surface area contributed by atoms with Gasteiger partial charge in [-0.1, -0.05) is 37.6 Å². The Balaban J connectivity index is 2.08. The Bertz CT molecular complexity index is 706. The summed E-state index contributed by atoms with van der Waals surface area (Å²) in [7, 11) is 1.84. The summed E-state index contributed by atoms with van der Waals surface area (Å²) in [6.07, 6.45) is 0. The summed E-state index contributed by atoms with van der Waals surface area (Å²) < 4.78 is 0. The molecule has 25 heavy (non-hydrogen) atoms. The van der Waals surface area contributed by atoms with E-state index in [0.717, 1.165) is 36.3 Å². The largest absolute Gasteiger partial charge is 0.507 e. The summed E-state index contributed by atoms with van der Waals surface area (Å²) in [6, 6.07) is 13.0. The molecule has 0 radical (unpaired) electrons. The summed E-state index contributed by atoms with van der Waals surface area (Å²) in [6.45, 7) is 9.83.